The van der Waals surface area contributed by atoms with E-state index in [1.54, 1.807) is 7.05 Å². The van der Waals surface area contributed by atoms with Crippen LogP contribution in [0.5, 0.6) is 0 Å². The number of sulfone groups is 1. The molecule has 0 aromatic heterocycles. The lowest BCUT2D eigenvalue weighted by molar-refractivity contribution is 0.0767. The van der Waals surface area contributed by atoms with E-state index in [0.717, 1.165) is 24.6 Å². The zero-order valence-electron chi connectivity index (χ0n) is 15.6. The molecular formula is C19H28IN3O3S. The van der Waals surface area contributed by atoms with E-state index in [-0.39, 0.29) is 35.5 Å². The van der Waals surface area contributed by atoms with Gasteiger partial charge in [0.1, 0.15) is 0 Å². The Bertz CT molecular complexity index is 754. The zero-order chi connectivity index (χ0) is 18.1. The predicted octanol–water partition coefficient (Wildman–Crippen LogP) is 1.90. The van der Waals surface area contributed by atoms with Gasteiger partial charge >= 0.3 is 0 Å². The van der Waals surface area contributed by atoms with E-state index in [1.807, 2.05) is 30.3 Å². The Balaban J connectivity index is 0.00000210. The number of benzene rings is 1. The van der Waals surface area contributed by atoms with Crippen LogP contribution in [-0.4, -0.2) is 63.9 Å². The molecule has 0 saturated carbocycles. The molecule has 1 aromatic rings. The normalized spacial score (nSPS) is 29.5. The molecule has 0 spiro atoms. The van der Waals surface area contributed by atoms with E-state index in [2.05, 4.69) is 15.2 Å². The highest BCUT2D eigenvalue weighted by Crippen LogP contribution is 2.47. The highest BCUT2D eigenvalue weighted by Gasteiger charge is 2.53. The lowest BCUT2D eigenvalue weighted by Gasteiger charge is -2.23. The van der Waals surface area contributed by atoms with Gasteiger partial charge in [0.25, 0.3) is 0 Å². The van der Waals surface area contributed by atoms with Gasteiger partial charge in [-0.1, -0.05) is 30.3 Å². The lowest BCUT2D eigenvalue weighted by Crippen LogP contribution is -2.43. The van der Waals surface area contributed by atoms with Crippen LogP contribution in [0, 0.1) is 11.8 Å². The molecule has 1 aromatic carbocycles. The van der Waals surface area contributed by atoms with E-state index in [1.165, 1.54) is 12.8 Å². The highest BCUT2D eigenvalue weighted by molar-refractivity contribution is 14.0. The fourth-order valence-electron chi connectivity index (χ4n) is 4.68. The number of hydrogen-bond donors (Lipinski definition) is 1. The number of guanidine groups is 1. The molecule has 4 rings (SSSR count). The molecule has 150 valence electrons. The average molecular weight is 505 g/mol. The van der Waals surface area contributed by atoms with Gasteiger partial charge in [-0.3, -0.25) is 4.99 Å². The third-order valence-electron chi connectivity index (χ3n) is 5.89. The Kier molecular flexibility index (Phi) is 6.68. The molecule has 8 heteroatoms. The number of aliphatic imine (C=N–C) groups is 1. The number of ether oxygens (including phenoxy) is 1. The summed E-state index contributed by atoms with van der Waals surface area (Å²) in [6.07, 6.45) is 3.20. The van der Waals surface area contributed by atoms with Crippen LogP contribution in [0.3, 0.4) is 0 Å². The SMILES string of the molecule is CN=C(NCCS(=O)(=O)Cc1ccccc1)N1CC2C3CCC(O3)C2C1.I. The number of nitrogens with zero attached hydrogens (tertiary/aromatic N) is 2. The zero-order valence-corrected chi connectivity index (χ0v) is 18.7. The minimum Gasteiger partial charge on any atom is -0.374 e. The topological polar surface area (TPSA) is 71.0 Å². The van der Waals surface area contributed by atoms with Gasteiger partial charge in [-0.25, -0.2) is 8.42 Å². The van der Waals surface area contributed by atoms with Crippen LogP contribution < -0.4 is 5.32 Å². The van der Waals surface area contributed by atoms with Gasteiger partial charge in [0.05, 0.1) is 23.7 Å². The van der Waals surface area contributed by atoms with Gasteiger partial charge < -0.3 is 15.0 Å². The van der Waals surface area contributed by atoms with Crippen molar-refractivity contribution >= 4 is 39.8 Å². The third-order valence-corrected chi connectivity index (χ3v) is 7.49. The van der Waals surface area contributed by atoms with E-state index in [9.17, 15) is 8.42 Å². The molecule has 3 heterocycles. The van der Waals surface area contributed by atoms with E-state index >= 15 is 0 Å². The Morgan fingerprint density at radius 1 is 1.19 bits per heavy atom. The Labute approximate surface area is 178 Å². The summed E-state index contributed by atoms with van der Waals surface area (Å²) >= 11 is 0. The Hall–Kier alpha value is -0.870. The molecule has 3 fully saturated rings. The highest BCUT2D eigenvalue weighted by atomic mass is 127. The van der Waals surface area contributed by atoms with Crippen molar-refractivity contribution in [2.24, 2.45) is 16.8 Å². The molecule has 3 aliphatic heterocycles. The number of nitrogens with one attached hydrogen (secondary N) is 1. The fourth-order valence-corrected chi connectivity index (χ4v) is 5.94. The first-order chi connectivity index (χ1) is 12.6. The summed E-state index contributed by atoms with van der Waals surface area (Å²) in [5.41, 5.74) is 0.833. The van der Waals surface area contributed by atoms with Crippen molar-refractivity contribution in [3.63, 3.8) is 0 Å². The predicted molar refractivity (Wildman–Crippen MR) is 117 cm³/mol. The summed E-state index contributed by atoms with van der Waals surface area (Å²) < 4.78 is 30.7. The van der Waals surface area contributed by atoms with Crippen LogP contribution in [0.15, 0.2) is 35.3 Å². The third kappa shape index (κ3) is 4.59. The number of likely N-dealkylation sites (tertiary alicyclic amines) is 1. The van der Waals surface area contributed by atoms with Crippen molar-refractivity contribution in [2.75, 3.05) is 32.4 Å². The van der Waals surface area contributed by atoms with E-state index < -0.39 is 9.84 Å². The van der Waals surface area contributed by atoms with Gasteiger partial charge in [0, 0.05) is 38.5 Å². The molecular weight excluding hydrogens is 477 g/mol. The van der Waals surface area contributed by atoms with Gasteiger partial charge in [-0.05, 0) is 18.4 Å². The maximum atomic E-state index is 12.3. The second-order valence-corrected chi connectivity index (χ2v) is 9.76. The fraction of sp³-hybridized carbons (Fsp3) is 0.632. The van der Waals surface area contributed by atoms with Crippen LogP contribution >= 0.6 is 24.0 Å². The minimum atomic E-state index is -3.14. The maximum Gasteiger partial charge on any atom is 0.193 e. The summed E-state index contributed by atoms with van der Waals surface area (Å²) in [5.74, 6) is 2.22. The molecule has 1 N–H and O–H groups in total. The molecule has 4 unspecified atom stereocenters. The average Bonchev–Trinajstić information content (AvgIpc) is 3.32. The molecule has 2 bridgehead atoms. The van der Waals surface area contributed by atoms with Crippen LogP contribution in [-0.2, 0) is 20.3 Å². The second-order valence-electron chi connectivity index (χ2n) is 7.57. The largest absolute Gasteiger partial charge is 0.374 e. The van der Waals surface area contributed by atoms with Crippen molar-refractivity contribution in [1.29, 1.82) is 0 Å². The van der Waals surface area contributed by atoms with Crippen molar-refractivity contribution in [1.82, 2.24) is 10.2 Å². The van der Waals surface area contributed by atoms with Gasteiger partial charge in [-0.15, -0.1) is 24.0 Å². The van der Waals surface area contributed by atoms with Crippen molar-refractivity contribution < 1.29 is 13.2 Å². The monoisotopic (exact) mass is 505 g/mol. The quantitative estimate of drug-likeness (QED) is 0.376. The second kappa shape index (κ2) is 8.65. The summed E-state index contributed by atoms with van der Waals surface area (Å²) in [5, 5.41) is 3.25. The van der Waals surface area contributed by atoms with Crippen molar-refractivity contribution in [2.45, 2.75) is 30.8 Å². The van der Waals surface area contributed by atoms with Crippen molar-refractivity contribution in [3.8, 4) is 0 Å². The molecule has 27 heavy (non-hydrogen) atoms. The lowest BCUT2D eigenvalue weighted by atomic mass is 9.82. The molecule has 0 aliphatic carbocycles. The summed E-state index contributed by atoms with van der Waals surface area (Å²) in [4.78, 5) is 6.64. The first kappa shape index (κ1) is 20.9. The standard InChI is InChI=1S/C19H27N3O3S.HI/c1-20-19(22-11-15-16(12-22)18-8-7-17(15)25-18)21-9-10-26(23,24)13-14-5-3-2-4-6-14;/h2-6,15-18H,7-13H2,1H3,(H,20,21);1H. The maximum absolute atomic E-state index is 12.3. The molecule has 0 amide bonds. The van der Waals surface area contributed by atoms with E-state index in [4.69, 9.17) is 4.74 Å². The summed E-state index contributed by atoms with van der Waals surface area (Å²) in [6, 6.07) is 9.33. The van der Waals surface area contributed by atoms with Crippen LogP contribution in [0.1, 0.15) is 18.4 Å². The minimum absolute atomic E-state index is 0. The van der Waals surface area contributed by atoms with Gasteiger partial charge in [0.15, 0.2) is 15.8 Å². The summed E-state index contributed by atoms with van der Waals surface area (Å²) in [7, 11) is -1.38. The molecule has 0 radical (unpaired) electrons. The molecule has 3 aliphatic rings. The Morgan fingerprint density at radius 3 is 2.41 bits per heavy atom. The Morgan fingerprint density at radius 2 is 1.81 bits per heavy atom. The first-order valence-electron chi connectivity index (χ1n) is 9.41. The molecule has 3 saturated heterocycles. The van der Waals surface area contributed by atoms with Gasteiger partial charge in [-0.2, -0.15) is 0 Å². The summed E-state index contributed by atoms with van der Waals surface area (Å²) in [6.45, 7) is 2.31. The first-order valence-corrected chi connectivity index (χ1v) is 11.2. The molecule has 6 nitrogen and oxygen atoms in total. The van der Waals surface area contributed by atoms with E-state index in [0.29, 0.717) is 30.6 Å². The van der Waals surface area contributed by atoms with Gasteiger partial charge in [0.2, 0.25) is 0 Å². The number of fused-ring (bicyclic) bond motifs is 5. The van der Waals surface area contributed by atoms with Crippen LogP contribution in [0.25, 0.3) is 0 Å². The van der Waals surface area contributed by atoms with Crippen LogP contribution in [0.4, 0.5) is 0 Å². The number of halogens is 1. The number of hydrogen-bond acceptors (Lipinski definition) is 4. The smallest absolute Gasteiger partial charge is 0.193 e. The van der Waals surface area contributed by atoms with Crippen LogP contribution in [0.2, 0.25) is 0 Å². The van der Waals surface area contributed by atoms with Crippen molar-refractivity contribution in [3.05, 3.63) is 35.9 Å². The molecule has 4 atom stereocenters. The number of rotatable bonds is 5.